The van der Waals surface area contributed by atoms with Crippen molar-refractivity contribution in [2.75, 3.05) is 0 Å². The molecular weight excluding hydrogens is 259 g/mol. The molecule has 0 aliphatic rings. The lowest BCUT2D eigenvalue weighted by atomic mass is 10.1. The number of hydrazine groups is 1. The summed E-state index contributed by atoms with van der Waals surface area (Å²) in [5, 5.41) is 0.495. The summed E-state index contributed by atoms with van der Waals surface area (Å²) in [5.74, 6) is 5.20. The van der Waals surface area contributed by atoms with Gasteiger partial charge in [0.2, 0.25) is 0 Å². The molecule has 2 aromatic rings. The molecule has 0 fully saturated rings. The minimum absolute atomic E-state index is 0.316. The van der Waals surface area contributed by atoms with E-state index in [1.807, 2.05) is 19.1 Å². The van der Waals surface area contributed by atoms with Crippen LogP contribution in [-0.2, 0) is 0 Å². The Labute approximate surface area is 108 Å². The summed E-state index contributed by atoms with van der Waals surface area (Å²) in [4.78, 5) is 2.12. The molecule has 0 spiro atoms. The van der Waals surface area contributed by atoms with Gasteiger partial charge < -0.3 is 0 Å². The van der Waals surface area contributed by atoms with Crippen molar-refractivity contribution in [3.8, 4) is 0 Å². The van der Waals surface area contributed by atoms with Crippen molar-refractivity contribution >= 4 is 22.9 Å². The van der Waals surface area contributed by atoms with Gasteiger partial charge >= 0.3 is 0 Å². The van der Waals surface area contributed by atoms with Gasteiger partial charge in [-0.05, 0) is 37.3 Å². The Bertz CT molecular complexity index is 527. The fourth-order valence-corrected chi connectivity index (χ4v) is 2.81. The lowest BCUT2D eigenvalue weighted by molar-refractivity contribution is 0.564. The van der Waals surface area contributed by atoms with Gasteiger partial charge in [-0.25, -0.2) is 9.82 Å². The van der Waals surface area contributed by atoms with Crippen LogP contribution >= 0.6 is 22.9 Å². The van der Waals surface area contributed by atoms with Gasteiger partial charge in [-0.3, -0.25) is 5.84 Å². The summed E-state index contributed by atoms with van der Waals surface area (Å²) < 4.78 is 13.7. The molecule has 0 aliphatic heterocycles. The predicted molar refractivity (Wildman–Crippen MR) is 69.6 cm³/mol. The van der Waals surface area contributed by atoms with E-state index in [-0.39, 0.29) is 11.9 Å². The van der Waals surface area contributed by atoms with Crippen LogP contribution in [0, 0.1) is 12.7 Å². The molecule has 0 saturated carbocycles. The molecule has 1 heterocycles. The SMILES string of the molecule is Cc1ccc(C(NN)c2cc(Cl)ccc2F)s1. The van der Waals surface area contributed by atoms with Crippen LogP contribution < -0.4 is 11.3 Å². The Hall–Kier alpha value is -0.940. The zero-order chi connectivity index (χ0) is 12.4. The van der Waals surface area contributed by atoms with Crippen LogP contribution in [0.3, 0.4) is 0 Å². The van der Waals surface area contributed by atoms with Crippen LogP contribution in [0.15, 0.2) is 30.3 Å². The van der Waals surface area contributed by atoms with Gasteiger partial charge in [-0.1, -0.05) is 11.6 Å². The zero-order valence-electron chi connectivity index (χ0n) is 9.21. The highest BCUT2D eigenvalue weighted by Crippen LogP contribution is 2.30. The highest BCUT2D eigenvalue weighted by atomic mass is 35.5. The van der Waals surface area contributed by atoms with Gasteiger partial charge in [0, 0.05) is 20.3 Å². The predicted octanol–water partition coefficient (Wildman–Crippen LogP) is 3.40. The highest BCUT2D eigenvalue weighted by Gasteiger charge is 2.18. The van der Waals surface area contributed by atoms with Crippen molar-refractivity contribution in [1.82, 2.24) is 5.43 Å². The smallest absolute Gasteiger partial charge is 0.128 e. The molecule has 90 valence electrons. The molecule has 2 rings (SSSR count). The van der Waals surface area contributed by atoms with Crippen LogP contribution in [0.2, 0.25) is 5.02 Å². The van der Waals surface area contributed by atoms with Crippen molar-refractivity contribution in [3.05, 3.63) is 56.5 Å². The quantitative estimate of drug-likeness (QED) is 0.663. The summed E-state index contributed by atoms with van der Waals surface area (Å²) >= 11 is 7.46. The van der Waals surface area contributed by atoms with E-state index in [0.29, 0.717) is 10.6 Å². The molecule has 1 aromatic heterocycles. The molecule has 0 bridgehead atoms. The minimum Gasteiger partial charge on any atom is -0.271 e. The van der Waals surface area contributed by atoms with E-state index in [0.717, 1.165) is 9.75 Å². The Morgan fingerprint density at radius 2 is 2.12 bits per heavy atom. The van der Waals surface area contributed by atoms with Gasteiger partial charge in [0.25, 0.3) is 0 Å². The van der Waals surface area contributed by atoms with E-state index in [1.54, 1.807) is 17.4 Å². The Morgan fingerprint density at radius 3 is 2.71 bits per heavy atom. The van der Waals surface area contributed by atoms with E-state index < -0.39 is 0 Å². The number of nitrogens with two attached hydrogens (primary N) is 1. The van der Waals surface area contributed by atoms with Gasteiger partial charge in [-0.2, -0.15) is 0 Å². The first-order valence-corrected chi connectivity index (χ1v) is 6.28. The molecule has 1 atom stereocenters. The topological polar surface area (TPSA) is 38.0 Å². The lowest BCUT2D eigenvalue weighted by Gasteiger charge is -2.15. The van der Waals surface area contributed by atoms with Crippen molar-refractivity contribution < 1.29 is 4.39 Å². The fraction of sp³-hybridized carbons (Fsp3) is 0.167. The summed E-state index contributed by atoms with van der Waals surface area (Å²) in [5.41, 5.74) is 3.09. The number of benzene rings is 1. The van der Waals surface area contributed by atoms with Gasteiger partial charge in [0.05, 0.1) is 6.04 Å². The lowest BCUT2D eigenvalue weighted by Crippen LogP contribution is -2.28. The molecule has 0 amide bonds. The van der Waals surface area contributed by atoms with E-state index in [9.17, 15) is 4.39 Å². The third-order valence-corrected chi connectivity index (χ3v) is 3.78. The molecule has 1 unspecified atom stereocenters. The minimum atomic E-state index is -0.368. The second-order valence-corrected chi connectivity index (χ2v) is 5.47. The van der Waals surface area contributed by atoms with E-state index >= 15 is 0 Å². The van der Waals surface area contributed by atoms with Crippen LogP contribution in [0.4, 0.5) is 4.39 Å². The summed E-state index contributed by atoms with van der Waals surface area (Å²) in [6.07, 6.45) is 0. The van der Waals surface area contributed by atoms with Crippen molar-refractivity contribution in [2.45, 2.75) is 13.0 Å². The average molecular weight is 271 g/mol. The van der Waals surface area contributed by atoms with Crippen LogP contribution in [-0.4, -0.2) is 0 Å². The molecule has 1 aromatic carbocycles. The number of rotatable bonds is 3. The second kappa shape index (κ2) is 5.14. The molecule has 0 radical (unpaired) electrons. The number of hydrogen-bond acceptors (Lipinski definition) is 3. The summed E-state index contributed by atoms with van der Waals surface area (Å²) in [6, 6.07) is 8.01. The molecule has 0 aliphatic carbocycles. The fourth-order valence-electron chi connectivity index (χ4n) is 1.67. The average Bonchev–Trinajstić information content (AvgIpc) is 2.71. The molecular formula is C12H12ClFN2S. The van der Waals surface area contributed by atoms with Crippen LogP contribution in [0.5, 0.6) is 0 Å². The number of halogens is 2. The van der Waals surface area contributed by atoms with Crippen LogP contribution in [0.25, 0.3) is 0 Å². The zero-order valence-corrected chi connectivity index (χ0v) is 10.8. The van der Waals surface area contributed by atoms with Gasteiger partial charge in [0.15, 0.2) is 0 Å². The monoisotopic (exact) mass is 270 g/mol. The molecule has 3 N–H and O–H groups in total. The first-order chi connectivity index (χ1) is 8.11. The first kappa shape index (κ1) is 12.5. The highest BCUT2D eigenvalue weighted by molar-refractivity contribution is 7.12. The third kappa shape index (κ3) is 2.66. The molecule has 0 saturated heterocycles. The number of thiophene rings is 1. The van der Waals surface area contributed by atoms with Crippen LogP contribution in [0.1, 0.15) is 21.4 Å². The Balaban J connectivity index is 2.45. The number of aryl methyl sites for hydroxylation is 1. The van der Waals surface area contributed by atoms with Crippen molar-refractivity contribution in [1.29, 1.82) is 0 Å². The van der Waals surface area contributed by atoms with Gasteiger partial charge in [0.1, 0.15) is 5.82 Å². The molecule has 2 nitrogen and oxygen atoms in total. The third-order valence-electron chi connectivity index (χ3n) is 2.48. The van der Waals surface area contributed by atoms with E-state index in [2.05, 4.69) is 5.43 Å². The summed E-state index contributed by atoms with van der Waals surface area (Å²) in [7, 11) is 0. The maximum Gasteiger partial charge on any atom is 0.128 e. The largest absolute Gasteiger partial charge is 0.271 e. The number of hydrogen-bond donors (Lipinski definition) is 2. The maximum absolute atomic E-state index is 13.7. The number of nitrogens with one attached hydrogen (secondary N) is 1. The Morgan fingerprint density at radius 1 is 1.35 bits per heavy atom. The maximum atomic E-state index is 13.7. The molecule has 5 heteroatoms. The Kier molecular flexibility index (Phi) is 3.79. The van der Waals surface area contributed by atoms with Crippen molar-refractivity contribution in [2.24, 2.45) is 5.84 Å². The van der Waals surface area contributed by atoms with E-state index in [4.69, 9.17) is 17.4 Å². The first-order valence-electron chi connectivity index (χ1n) is 5.09. The van der Waals surface area contributed by atoms with E-state index in [1.165, 1.54) is 12.1 Å². The summed E-state index contributed by atoms with van der Waals surface area (Å²) in [6.45, 7) is 2.00. The standard InChI is InChI=1S/C12H12ClFN2S/c1-7-2-5-11(17-7)12(16-15)9-6-8(13)3-4-10(9)14/h2-6,12,16H,15H2,1H3. The molecule has 17 heavy (non-hydrogen) atoms. The normalized spacial score (nSPS) is 12.7. The van der Waals surface area contributed by atoms with Gasteiger partial charge in [-0.15, -0.1) is 11.3 Å². The second-order valence-electron chi connectivity index (χ2n) is 3.71. The van der Waals surface area contributed by atoms with Crippen molar-refractivity contribution in [3.63, 3.8) is 0 Å².